The summed E-state index contributed by atoms with van der Waals surface area (Å²) in [5.74, 6) is -0.305. The molecule has 1 saturated heterocycles. The zero-order valence-electron chi connectivity index (χ0n) is 24.5. The highest BCUT2D eigenvalue weighted by atomic mass is 35.5. The van der Waals surface area contributed by atoms with E-state index in [9.17, 15) is 9.59 Å². The van der Waals surface area contributed by atoms with Crippen LogP contribution < -0.4 is 11.1 Å². The number of hydrogen-bond acceptors (Lipinski definition) is 8. The third kappa shape index (κ3) is 6.78. The molecule has 2 atom stereocenters. The minimum atomic E-state index is -0.660. The molecule has 10 nitrogen and oxygen atoms in total. The van der Waals surface area contributed by atoms with Gasteiger partial charge in [-0.25, -0.2) is 4.79 Å². The third-order valence-electron chi connectivity index (χ3n) is 7.38. The maximum absolute atomic E-state index is 12.9. The Balaban J connectivity index is 1.83. The van der Waals surface area contributed by atoms with E-state index in [-0.39, 0.29) is 30.8 Å². The number of nitrogens with zero attached hydrogens (tertiary/aromatic N) is 4. The molecule has 0 radical (unpaired) electrons. The van der Waals surface area contributed by atoms with Crippen LogP contribution >= 0.6 is 11.6 Å². The molecule has 3 N–H and O–H groups in total. The van der Waals surface area contributed by atoms with E-state index < -0.39 is 6.04 Å². The Morgan fingerprint density at radius 2 is 2.00 bits per heavy atom. The zero-order valence-corrected chi connectivity index (χ0v) is 25.3. The summed E-state index contributed by atoms with van der Waals surface area (Å²) in [5.41, 5.74) is 11.2. The van der Waals surface area contributed by atoms with Crippen molar-refractivity contribution in [2.45, 2.75) is 32.0 Å². The first-order valence-corrected chi connectivity index (χ1v) is 14.3. The number of amides is 2. The predicted molar refractivity (Wildman–Crippen MR) is 164 cm³/mol. The molecule has 1 aliphatic carbocycles. The van der Waals surface area contributed by atoms with Crippen molar-refractivity contribution >= 4 is 35.3 Å². The second kappa shape index (κ2) is 13.9. The number of ether oxygens (including phenoxy) is 2. The minimum Gasteiger partial charge on any atom is -0.447 e. The fraction of sp³-hybridized carbons (Fsp3) is 0.387. The van der Waals surface area contributed by atoms with Crippen LogP contribution in [0, 0.1) is 0 Å². The van der Waals surface area contributed by atoms with Gasteiger partial charge < -0.3 is 30.3 Å². The summed E-state index contributed by atoms with van der Waals surface area (Å²) in [6, 6.07) is 8.79. The van der Waals surface area contributed by atoms with Crippen LogP contribution in [0.15, 0.2) is 61.2 Å². The number of nitrogens with one attached hydrogen (secondary N) is 1. The summed E-state index contributed by atoms with van der Waals surface area (Å²) in [7, 11) is 3.29. The molecular formula is C31H39ClN6O4. The van der Waals surface area contributed by atoms with Gasteiger partial charge in [-0.2, -0.15) is 0 Å². The molecular weight excluding hydrogens is 556 g/mol. The van der Waals surface area contributed by atoms with Crippen LogP contribution in [-0.2, 0) is 14.3 Å². The number of piperazine rings is 1. The molecule has 2 aliphatic rings. The fourth-order valence-corrected chi connectivity index (χ4v) is 5.58. The first-order valence-electron chi connectivity index (χ1n) is 13.9. The van der Waals surface area contributed by atoms with Crippen LogP contribution in [0.5, 0.6) is 0 Å². The van der Waals surface area contributed by atoms with Crippen molar-refractivity contribution in [3.8, 4) is 0 Å². The number of likely N-dealkylation sites (N-methyl/N-ethyl adjacent to an activating group) is 1. The van der Waals surface area contributed by atoms with E-state index in [1.54, 1.807) is 22.2 Å². The van der Waals surface area contributed by atoms with Crippen LogP contribution in [0.2, 0.25) is 5.02 Å². The number of methoxy groups -OCH3 is 1. The second-order valence-corrected chi connectivity index (χ2v) is 10.9. The molecule has 11 heteroatoms. The molecule has 42 heavy (non-hydrogen) atoms. The maximum atomic E-state index is 12.9. The van der Waals surface area contributed by atoms with Crippen molar-refractivity contribution < 1.29 is 19.1 Å². The van der Waals surface area contributed by atoms with Crippen LogP contribution in [0.3, 0.4) is 0 Å². The minimum absolute atomic E-state index is 0.119. The molecule has 1 fully saturated rings. The Hall–Kier alpha value is -3.86. The SMILES string of the molecule is C=CN(C)/C(=C\N)[C@H](NC(=O)COC)C1=Cc2cccnc2[C@@H](N2CCN(C(=O)OC(C)C)CC2)c2ccc(Cl)cc21. The first kappa shape index (κ1) is 31.1. The molecule has 1 aromatic heterocycles. The van der Waals surface area contributed by atoms with Gasteiger partial charge in [0.15, 0.2) is 0 Å². The van der Waals surface area contributed by atoms with Gasteiger partial charge in [-0.3, -0.25) is 14.7 Å². The average molecular weight is 595 g/mol. The highest BCUT2D eigenvalue weighted by Crippen LogP contribution is 2.42. The van der Waals surface area contributed by atoms with Crippen LogP contribution in [0.4, 0.5) is 4.79 Å². The van der Waals surface area contributed by atoms with E-state index in [1.807, 2.05) is 57.3 Å². The summed E-state index contributed by atoms with van der Waals surface area (Å²) < 4.78 is 10.5. The van der Waals surface area contributed by atoms with Crippen LogP contribution in [-0.4, -0.2) is 90.8 Å². The van der Waals surface area contributed by atoms with Gasteiger partial charge in [-0.15, -0.1) is 0 Å². The normalized spacial score (nSPS) is 17.9. The number of carbonyl (C=O) groups excluding carboxylic acids is 2. The number of nitrogens with two attached hydrogens (primary N) is 1. The van der Waals surface area contributed by atoms with Crippen molar-refractivity contribution in [2.75, 3.05) is 46.9 Å². The van der Waals surface area contributed by atoms with Gasteiger partial charge in [-0.1, -0.05) is 30.3 Å². The van der Waals surface area contributed by atoms with Crippen molar-refractivity contribution in [2.24, 2.45) is 5.73 Å². The number of pyridine rings is 1. The monoisotopic (exact) mass is 594 g/mol. The predicted octanol–water partition coefficient (Wildman–Crippen LogP) is 3.85. The first-order chi connectivity index (χ1) is 20.2. The zero-order chi connectivity index (χ0) is 30.4. The van der Waals surface area contributed by atoms with Gasteiger partial charge in [-0.05, 0) is 66.6 Å². The molecule has 2 aromatic rings. The summed E-state index contributed by atoms with van der Waals surface area (Å²) >= 11 is 6.61. The van der Waals surface area contributed by atoms with Gasteiger partial charge >= 0.3 is 6.09 Å². The van der Waals surface area contributed by atoms with Crippen molar-refractivity contribution in [1.29, 1.82) is 0 Å². The number of fused-ring (bicyclic) bond motifs is 2. The van der Waals surface area contributed by atoms with Gasteiger partial charge in [0, 0.05) is 57.8 Å². The van der Waals surface area contributed by atoms with E-state index >= 15 is 0 Å². The van der Waals surface area contributed by atoms with Gasteiger partial charge in [0.05, 0.1) is 29.6 Å². The van der Waals surface area contributed by atoms with Crippen molar-refractivity contribution in [3.63, 3.8) is 0 Å². The molecule has 1 aromatic carbocycles. The lowest BCUT2D eigenvalue weighted by molar-refractivity contribution is -0.124. The lowest BCUT2D eigenvalue weighted by Gasteiger charge is -2.39. The molecule has 4 rings (SSSR count). The molecule has 0 saturated carbocycles. The Kier molecular flexibility index (Phi) is 10.3. The molecule has 1 aliphatic heterocycles. The van der Waals surface area contributed by atoms with Crippen molar-refractivity contribution in [1.82, 2.24) is 25.0 Å². The van der Waals surface area contributed by atoms with Crippen molar-refractivity contribution in [3.05, 3.63) is 88.6 Å². The number of halogens is 1. The van der Waals surface area contributed by atoms with E-state index in [0.717, 1.165) is 28.0 Å². The Morgan fingerprint density at radius 3 is 2.64 bits per heavy atom. The molecule has 0 spiro atoms. The molecule has 2 heterocycles. The highest BCUT2D eigenvalue weighted by molar-refractivity contribution is 6.30. The van der Waals surface area contributed by atoms with Crippen LogP contribution in [0.25, 0.3) is 11.6 Å². The topological polar surface area (TPSA) is 113 Å². The fourth-order valence-electron chi connectivity index (χ4n) is 5.40. The lowest BCUT2D eigenvalue weighted by atomic mass is 9.89. The third-order valence-corrected chi connectivity index (χ3v) is 7.61. The average Bonchev–Trinajstić information content (AvgIpc) is 3.11. The largest absolute Gasteiger partial charge is 0.447 e. The number of rotatable bonds is 9. The van der Waals surface area contributed by atoms with E-state index in [4.69, 9.17) is 31.8 Å². The quantitative estimate of drug-likeness (QED) is 0.450. The number of benzene rings is 1. The summed E-state index contributed by atoms with van der Waals surface area (Å²) in [6.07, 6.45) is 6.43. The highest BCUT2D eigenvalue weighted by Gasteiger charge is 2.36. The standard InChI is InChI=1S/C31H39ClN6O4/c1-6-36(4)26(18-33)29(35-27(39)19-41-5)25-16-21-8-7-11-34-28(21)30(23-10-9-22(32)17-24(23)25)37-12-14-38(15-13-37)31(40)42-20(2)3/h6-11,16-18,20,29-30H,1,12-15,19,33H2,2-5H3,(H,35,39)/b26-18-/t29-,30+/m1/s1. The smallest absolute Gasteiger partial charge is 0.410 e. The number of carbonyl (C=O) groups is 2. The van der Waals surface area contributed by atoms with E-state index in [1.165, 1.54) is 13.3 Å². The van der Waals surface area contributed by atoms with E-state index in [0.29, 0.717) is 36.9 Å². The second-order valence-electron chi connectivity index (χ2n) is 10.5. The molecule has 0 unspecified atom stereocenters. The summed E-state index contributed by atoms with van der Waals surface area (Å²) in [4.78, 5) is 36.2. The maximum Gasteiger partial charge on any atom is 0.410 e. The number of hydrogen-bond donors (Lipinski definition) is 2. The molecule has 224 valence electrons. The van der Waals surface area contributed by atoms with Gasteiger partial charge in [0.2, 0.25) is 5.91 Å². The van der Waals surface area contributed by atoms with Crippen LogP contribution in [0.1, 0.15) is 42.3 Å². The Morgan fingerprint density at radius 1 is 1.26 bits per heavy atom. The lowest BCUT2D eigenvalue weighted by Crippen LogP contribution is -2.50. The Labute approximate surface area is 252 Å². The summed E-state index contributed by atoms with van der Waals surface area (Å²) in [6.45, 7) is 9.74. The van der Waals surface area contributed by atoms with Gasteiger partial charge in [0.25, 0.3) is 0 Å². The van der Waals surface area contributed by atoms with E-state index in [2.05, 4.69) is 16.8 Å². The summed E-state index contributed by atoms with van der Waals surface area (Å²) in [5, 5.41) is 3.65. The number of aromatic nitrogens is 1. The van der Waals surface area contributed by atoms with Gasteiger partial charge in [0.1, 0.15) is 6.61 Å². The Bertz CT molecular complexity index is 1370. The molecule has 0 bridgehead atoms. The molecule has 2 amide bonds.